The van der Waals surface area contributed by atoms with E-state index in [1.54, 1.807) is 23.1 Å². The first-order valence-electron chi connectivity index (χ1n) is 9.80. The first kappa shape index (κ1) is 21.2. The van der Waals surface area contributed by atoms with Crippen LogP contribution in [0.25, 0.3) is 0 Å². The van der Waals surface area contributed by atoms with E-state index in [1.165, 1.54) is 16.2 Å². The van der Waals surface area contributed by atoms with Crippen LogP contribution >= 0.6 is 23.1 Å². The van der Waals surface area contributed by atoms with Gasteiger partial charge in [0.05, 0.1) is 22.8 Å². The molecular weight excluding hydrogens is 390 g/mol. The standard InChI is InChI=1S/C22H29NO3S2/c1-7-13-9-14(21(28-13)27-8-2)18-17(20(25)26-6)12(3)23-15-10-22(4,5)11-16(24)19(15)18/h9,18,23H,7-8,10-11H2,1-6H3. The molecule has 1 aromatic rings. The molecule has 0 fully saturated rings. The highest BCUT2D eigenvalue weighted by atomic mass is 32.2. The van der Waals surface area contributed by atoms with E-state index in [0.717, 1.165) is 41.1 Å². The Labute approximate surface area is 175 Å². The maximum absolute atomic E-state index is 13.3. The topological polar surface area (TPSA) is 55.4 Å². The molecule has 0 saturated carbocycles. The number of carbonyl (C=O) groups excluding carboxylic acids is 2. The van der Waals surface area contributed by atoms with Gasteiger partial charge in [-0.3, -0.25) is 4.79 Å². The lowest BCUT2D eigenvalue weighted by Gasteiger charge is -2.39. The van der Waals surface area contributed by atoms with Crippen LogP contribution in [-0.2, 0) is 20.7 Å². The lowest BCUT2D eigenvalue weighted by molar-refractivity contribution is -0.136. The Hall–Kier alpha value is -1.53. The molecule has 1 aromatic heterocycles. The molecule has 1 aliphatic heterocycles. The van der Waals surface area contributed by atoms with Gasteiger partial charge in [-0.15, -0.1) is 23.1 Å². The van der Waals surface area contributed by atoms with E-state index in [9.17, 15) is 9.59 Å². The fourth-order valence-electron chi connectivity index (χ4n) is 4.19. The molecular formula is C22H29NO3S2. The van der Waals surface area contributed by atoms with Crippen LogP contribution in [0.1, 0.15) is 63.8 Å². The Morgan fingerprint density at radius 3 is 2.68 bits per heavy atom. The van der Waals surface area contributed by atoms with E-state index in [4.69, 9.17) is 4.74 Å². The van der Waals surface area contributed by atoms with Crippen molar-refractivity contribution in [3.63, 3.8) is 0 Å². The van der Waals surface area contributed by atoms with Crippen molar-refractivity contribution in [2.75, 3.05) is 12.9 Å². The summed E-state index contributed by atoms with van der Waals surface area (Å²) in [5.74, 6) is 0.369. The highest BCUT2D eigenvalue weighted by Crippen LogP contribution is 2.50. The molecule has 0 spiro atoms. The summed E-state index contributed by atoms with van der Waals surface area (Å²) in [4.78, 5) is 27.3. The zero-order valence-corrected chi connectivity index (χ0v) is 19.2. The van der Waals surface area contributed by atoms with E-state index in [-0.39, 0.29) is 23.1 Å². The third kappa shape index (κ3) is 3.81. The first-order chi connectivity index (χ1) is 13.2. The van der Waals surface area contributed by atoms with Crippen LogP contribution < -0.4 is 5.32 Å². The fraction of sp³-hybridized carbons (Fsp3) is 0.545. The van der Waals surface area contributed by atoms with Gasteiger partial charge >= 0.3 is 5.97 Å². The van der Waals surface area contributed by atoms with Crippen molar-refractivity contribution in [2.24, 2.45) is 5.41 Å². The van der Waals surface area contributed by atoms with Crippen molar-refractivity contribution in [3.05, 3.63) is 39.0 Å². The molecule has 1 aliphatic carbocycles. The monoisotopic (exact) mass is 419 g/mol. The van der Waals surface area contributed by atoms with E-state index in [1.807, 2.05) is 6.92 Å². The van der Waals surface area contributed by atoms with Crippen LogP contribution in [-0.4, -0.2) is 24.6 Å². The van der Waals surface area contributed by atoms with E-state index in [0.29, 0.717) is 12.0 Å². The van der Waals surface area contributed by atoms with Crippen molar-refractivity contribution < 1.29 is 14.3 Å². The molecule has 2 aliphatic rings. The van der Waals surface area contributed by atoms with Gasteiger partial charge in [-0.2, -0.15) is 0 Å². The summed E-state index contributed by atoms with van der Waals surface area (Å²) in [5, 5.41) is 3.38. The molecule has 6 heteroatoms. The average molecular weight is 420 g/mol. The first-order valence-corrected chi connectivity index (χ1v) is 11.6. The smallest absolute Gasteiger partial charge is 0.336 e. The lowest BCUT2D eigenvalue weighted by atomic mass is 9.69. The summed E-state index contributed by atoms with van der Waals surface area (Å²) in [5.41, 5.74) is 4.07. The molecule has 4 nitrogen and oxygen atoms in total. The fourth-order valence-corrected chi connectivity index (χ4v) is 6.57. The molecule has 152 valence electrons. The molecule has 0 radical (unpaired) electrons. The molecule has 0 aromatic carbocycles. The van der Waals surface area contributed by atoms with Crippen LogP contribution in [0.5, 0.6) is 0 Å². The predicted octanol–water partition coefficient (Wildman–Crippen LogP) is 5.20. The van der Waals surface area contributed by atoms with Gasteiger partial charge in [0.2, 0.25) is 0 Å². The minimum Gasteiger partial charge on any atom is -0.466 e. The summed E-state index contributed by atoms with van der Waals surface area (Å²) in [6, 6.07) is 2.19. The third-order valence-electron chi connectivity index (χ3n) is 5.36. The van der Waals surface area contributed by atoms with Crippen LogP contribution in [0.3, 0.4) is 0 Å². The second kappa shape index (κ2) is 8.07. The van der Waals surface area contributed by atoms with Crippen molar-refractivity contribution in [1.82, 2.24) is 5.32 Å². The highest BCUT2D eigenvalue weighted by Gasteiger charge is 2.44. The maximum Gasteiger partial charge on any atom is 0.336 e. The number of carbonyl (C=O) groups is 2. The van der Waals surface area contributed by atoms with Gasteiger partial charge in [-0.25, -0.2) is 4.79 Å². The van der Waals surface area contributed by atoms with Crippen molar-refractivity contribution in [1.29, 1.82) is 0 Å². The van der Waals surface area contributed by atoms with Crippen LogP contribution in [0.4, 0.5) is 0 Å². The minimum atomic E-state index is -0.365. The molecule has 1 N–H and O–H groups in total. The molecule has 3 rings (SSSR count). The number of dihydropyridines is 1. The maximum atomic E-state index is 13.3. The number of thiophene rings is 1. The highest BCUT2D eigenvalue weighted by molar-refractivity contribution is 8.01. The Kier molecular flexibility index (Phi) is 6.11. The molecule has 28 heavy (non-hydrogen) atoms. The normalized spacial score (nSPS) is 21.5. The number of nitrogens with one attached hydrogen (secondary N) is 1. The van der Waals surface area contributed by atoms with E-state index in [2.05, 4.69) is 39.1 Å². The van der Waals surface area contributed by atoms with Gasteiger partial charge in [0.1, 0.15) is 0 Å². The Morgan fingerprint density at radius 2 is 2.07 bits per heavy atom. The van der Waals surface area contributed by atoms with Crippen molar-refractivity contribution >= 4 is 34.9 Å². The summed E-state index contributed by atoms with van der Waals surface area (Å²) >= 11 is 3.56. The number of thioether (sulfide) groups is 1. The van der Waals surface area contributed by atoms with Gasteiger partial charge < -0.3 is 10.1 Å². The van der Waals surface area contributed by atoms with Gasteiger partial charge in [0, 0.05) is 28.3 Å². The number of ether oxygens (including phenoxy) is 1. The van der Waals surface area contributed by atoms with Crippen LogP contribution in [0, 0.1) is 5.41 Å². The summed E-state index contributed by atoms with van der Waals surface area (Å²) in [6.07, 6.45) is 2.24. The number of hydrogen-bond acceptors (Lipinski definition) is 6. The Balaban J connectivity index is 2.24. The lowest BCUT2D eigenvalue weighted by Crippen LogP contribution is -2.38. The molecule has 1 unspecified atom stereocenters. The Bertz CT molecular complexity index is 876. The van der Waals surface area contributed by atoms with E-state index < -0.39 is 0 Å². The number of esters is 1. The number of rotatable bonds is 5. The molecule has 0 amide bonds. The molecule has 2 heterocycles. The van der Waals surface area contributed by atoms with Crippen molar-refractivity contribution in [3.8, 4) is 0 Å². The molecule has 1 atom stereocenters. The van der Waals surface area contributed by atoms with Crippen LogP contribution in [0.2, 0.25) is 0 Å². The zero-order valence-electron chi connectivity index (χ0n) is 17.5. The number of Topliss-reactive ketones (excluding diaryl/α,β-unsaturated/α-hetero) is 1. The van der Waals surface area contributed by atoms with Crippen molar-refractivity contribution in [2.45, 2.75) is 64.0 Å². The average Bonchev–Trinajstić information content (AvgIpc) is 3.02. The van der Waals surface area contributed by atoms with Gasteiger partial charge in [0.25, 0.3) is 0 Å². The summed E-state index contributed by atoms with van der Waals surface area (Å²) in [7, 11) is 1.40. The number of aryl methyl sites for hydroxylation is 1. The van der Waals surface area contributed by atoms with Gasteiger partial charge in [-0.1, -0.05) is 27.7 Å². The second-order valence-corrected chi connectivity index (χ2v) is 10.8. The number of allylic oxidation sites excluding steroid dienone is 3. The third-order valence-corrected chi connectivity index (χ3v) is 7.84. The molecule has 0 bridgehead atoms. The van der Waals surface area contributed by atoms with Gasteiger partial charge in [-0.05, 0) is 42.6 Å². The second-order valence-electron chi connectivity index (χ2n) is 8.16. The largest absolute Gasteiger partial charge is 0.466 e. The minimum absolute atomic E-state index is 0.0826. The van der Waals surface area contributed by atoms with Gasteiger partial charge in [0.15, 0.2) is 5.78 Å². The summed E-state index contributed by atoms with van der Waals surface area (Å²) < 4.78 is 6.33. The predicted molar refractivity (Wildman–Crippen MR) is 116 cm³/mol. The van der Waals surface area contributed by atoms with E-state index >= 15 is 0 Å². The zero-order chi connectivity index (χ0) is 20.6. The number of methoxy groups -OCH3 is 1. The van der Waals surface area contributed by atoms with Crippen LogP contribution in [0.15, 0.2) is 32.8 Å². The SMILES string of the molecule is CCSc1sc(CC)cc1C1C(C(=O)OC)=C(C)NC2=C1C(=O)CC(C)(C)C2. The number of ketones is 1. The Morgan fingerprint density at radius 1 is 1.36 bits per heavy atom. The quantitative estimate of drug-likeness (QED) is 0.525. The number of hydrogen-bond donors (Lipinski definition) is 1. The summed E-state index contributed by atoms with van der Waals surface area (Å²) in [6.45, 7) is 10.4. The molecule has 0 saturated heterocycles.